The van der Waals surface area contributed by atoms with Crippen LogP contribution in [0.15, 0.2) is 18.2 Å². The number of benzene rings is 1. The van der Waals surface area contributed by atoms with Gasteiger partial charge in [-0.3, -0.25) is 9.69 Å². The van der Waals surface area contributed by atoms with Crippen LogP contribution in [0.2, 0.25) is 0 Å². The van der Waals surface area contributed by atoms with Gasteiger partial charge in [0.25, 0.3) is 0 Å². The summed E-state index contributed by atoms with van der Waals surface area (Å²) in [6, 6.07) is 2.72. The molecule has 0 aliphatic rings. The van der Waals surface area contributed by atoms with Gasteiger partial charge in [-0.25, -0.2) is 8.78 Å². The Balaban J connectivity index is 2.96. The van der Waals surface area contributed by atoms with Crippen molar-refractivity contribution in [3.8, 4) is 0 Å². The first-order valence-electron chi connectivity index (χ1n) is 7.16. The van der Waals surface area contributed by atoms with Crippen molar-refractivity contribution in [1.82, 2.24) is 4.90 Å². The highest BCUT2D eigenvalue weighted by Gasteiger charge is 2.27. The normalized spacial score (nSPS) is 14.2. The number of nitrogens with zero attached hydrogens (tertiary/aromatic N) is 1. The third kappa shape index (κ3) is 4.58. The van der Waals surface area contributed by atoms with Crippen LogP contribution in [-0.4, -0.2) is 43.0 Å². The van der Waals surface area contributed by atoms with Crippen LogP contribution >= 0.6 is 0 Å². The summed E-state index contributed by atoms with van der Waals surface area (Å²) in [6.45, 7) is 6.86. The Kier molecular flexibility index (Phi) is 6.92. The molecule has 0 N–H and O–H groups in total. The zero-order valence-electron chi connectivity index (χ0n) is 13.0. The Labute approximate surface area is 124 Å². The molecule has 118 valence electrons. The van der Waals surface area contributed by atoms with Gasteiger partial charge in [-0.15, -0.1) is 0 Å². The Bertz CT molecular complexity index is 479. The standard InChI is InChI=1S/C16H23F2NO2/c1-5-11(2)19(8-9-21-4)12(3)16(20)14-7-6-13(17)10-15(14)18/h6-7,10-12H,5,8-9H2,1-4H3. The van der Waals surface area contributed by atoms with E-state index in [1.54, 1.807) is 14.0 Å². The molecule has 2 unspecified atom stereocenters. The summed E-state index contributed by atoms with van der Waals surface area (Å²) < 4.78 is 31.8. The van der Waals surface area contributed by atoms with Gasteiger partial charge in [0.2, 0.25) is 0 Å². The molecule has 0 heterocycles. The van der Waals surface area contributed by atoms with E-state index in [4.69, 9.17) is 4.74 Å². The van der Waals surface area contributed by atoms with E-state index in [-0.39, 0.29) is 17.4 Å². The highest BCUT2D eigenvalue weighted by molar-refractivity contribution is 6.00. The predicted molar refractivity (Wildman–Crippen MR) is 78.5 cm³/mol. The van der Waals surface area contributed by atoms with Crippen molar-refractivity contribution in [2.45, 2.75) is 39.3 Å². The summed E-state index contributed by atoms with van der Waals surface area (Å²) in [4.78, 5) is 14.4. The van der Waals surface area contributed by atoms with Crippen molar-refractivity contribution >= 4 is 5.78 Å². The van der Waals surface area contributed by atoms with E-state index >= 15 is 0 Å². The van der Waals surface area contributed by atoms with Gasteiger partial charge in [0.1, 0.15) is 11.6 Å². The first kappa shape index (κ1) is 17.7. The van der Waals surface area contributed by atoms with Gasteiger partial charge in [-0.1, -0.05) is 6.92 Å². The monoisotopic (exact) mass is 299 g/mol. The highest BCUT2D eigenvalue weighted by atomic mass is 19.1. The number of halogens is 2. The molecule has 0 aliphatic carbocycles. The molecule has 5 heteroatoms. The van der Waals surface area contributed by atoms with E-state index in [9.17, 15) is 13.6 Å². The molecule has 3 nitrogen and oxygen atoms in total. The number of ketones is 1. The van der Waals surface area contributed by atoms with Crippen molar-refractivity contribution in [2.24, 2.45) is 0 Å². The molecule has 0 fully saturated rings. The summed E-state index contributed by atoms with van der Waals surface area (Å²) >= 11 is 0. The fourth-order valence-electron chi connectivity index (χ4n) is 2.29. The fourth-order valence-corrected chi connectivity index (χ4v) is 2.29. The number of hydrogen-bond donors (Lipinski definition) is 0. The van der Waals surface area contributed by atoms with Crippen LogP contribution in [-0.2, 0) is 4.74 Å². The minimum Gasteiger partial charge on any atom is -0.383 e. The quantitative estimate of drug-likeness (QED) is 0.690. The van der Waals surface area contributed by atoms with Gasteiger partial charge in [0, 0.05) is 25.8 Å². The number of rotatable bonds is 8. The van der Waals surface area contributed by atoms with E-state index in [0.717, 1.165) is 18.6 Å². The molecular formula is C16H23F2NO2. The molecule has 0 bridgehead atoms. The second-order valence-corrected chi connectivity index (χ2v) is 5.15. The summed E-state index contributed by atoms with van der Waals surface area (Å²) in [7, 11) is 1.60. The van der Waals surface area contributed by atoms with Crippen molar-refractivity contribution in [1.29, 1.82) is 0 Å². The third-order valence-electron chi connectivity index (χ3n) is 3.78. The van der Waals surface area contributed by atoms with Crippen molar-refractivity contribution in [3.63, 3.8) is 0 Å². The topological polar surface area (TPSA) is 29.5 Å². The van der Waals surface area contributed by atoms with Crippen LogP contribution in [0.4, 0.5) is 8.78 Å². The maximum atomic E-state index is 13.8. The summed E-state index contributed by atoms with van der Waals surface area (Å²) in [5.74, 6) is -1.85. The fraction of sp³-hybridized carbons (Fsp3) is 0.562. The lowest BCUT2D eigenvalue weighted by Crippen LogP contribution is -2.46. The molecule has 1 aromatic rings. The lowest BCUT2D eigenvalue weighted by molar-refractivity contribution is 0.0665. The van der Waals surface area contributed by atoms with E-state index < -0.39 is 17.7 Å². The van der Waals surface area contributed by atoms with E-state index in [1.165, 1.54) is 6.07 Å². The predicted octanol–water partition coefficient (Wildman–Crippen LogP) is 3.28. The Hall–Kier alpha value is -1.33. The zero-order chi connectivity index (χ0) is 16.0. The second kappa shape index (κ2) is 8.20. The lowest BCUT2D eigenvalue weighted by Gasteiger charge is -2.33. The first-order chi connectivity index (χ1) is 9.92. The molecule has 0 aromatic heterocycles. The first-order valence-corrected chi connectivity index (χ1v) is 7.16. The van der Waals surface area contributed by atoms with Gasteiger partial charge in [-0.05, 0) is 32.4 Å². The molecular weight excluding hydrogens is 276 g/mol. The number of carbonyl (C=O) groups is 1. The number of hydrogen-bond acceptors (Lipinski definition) is 3. The molecule has 0 amide bonds. The Morgan fingerprint density at radius 1 is 1.33 bits per heavy atom. The van der Waals surface area contributed by atoms with Crippen LogP contribution < -0.4 is 0 Å². The van der Waals surface area contributed by atoms with Crippen LogP contribution in [0.25, 0.3) is 0 Å². The minimum atomic E-state index is -0.817. The van der Waals surface area contributed by atoms with Gasteiger partial charge >= 0.3 is 0 Å². The maximum absolute atomic E-state index is 13.8. The minimum absolute atomic E-state index is 0.0744. The van der Waals surface area contributed by atoms with E-state index in [0.29, 0.717) is 13.2 Å². The molecule has 0 radical (unpaired) electrons. The molecule has 2 atom stereocenters. The lowest BCUT2D eigenvalue weighted by atomic mass is 10.0. The van der Waals surface area contributed by atoms with Gasteiger partial charge in [0.15, 0.2) is 5.78 Å². The van der Waals surface area contributed by atoms with Crippen LogP contribution in [0.3, 0.4) is 0 Å². The third-order valence-corrected chi connectivity index (χ3v) is 3.78. The van der Waals surface area contributed by atoms with E-state index in [2.05, 4.69) is 0 Å². The molecule has 0 aliphatic heterocycles. The smallest absolute Gasteiger partial charge is 0.182 e. The summed E-state index contributed by atoms with van der Waals surface area (Å²) in [5, 5.41) is 0. The highest BCUT2D eigenvalue weighted by Crippen LogP contribution is 2.17. The molecule has 1 aromatic carbocycles. The summed E-state index contributed by atoms with van der Waals surface area (Å²) in [6.07, 6.45) is 0.868. The largest absolute Gasteiger partial charge is 0.383 e. The molecule has 1 rings (SSSR count). The Morgan fingerprint density at radius 2 is 2.00 bits per heavy atom. The Morgan fingerprint density at radius 3 is 2.52 bits per heavy atom. The van der Waals surface area contributed by atoms with Crippen molar-refractivity contribution in [3.05, 3.63) is 35.4 Å². The van der Waals surface area contributed by atoms with Gasteiger partial charge in [-0.2, -0.15) is 0 Å². The molecule has 21 heavy (non-hydrogen) atoms. The van der Waals surface area contributed by atoms with Crippen molar-refractivity contribution < 1.29 is 18.3 Å². The zero-order valence-corrected chi connectivity index (χ0v) is 13.0. The van der Waals surface area contributed by atoms with Crippen LogP contribution in [0.1, 0.15) is 37.6 Å². The van der Waals surface area contributed by atoms with Gasteiger partial charge < -0.3 is 4.74 Å². The molecule has 0 saturated heterocycles. The SMILES string of the molecule is CCC(C)N(CCOC)C(C)C(=O)c1ccc(F)cc1F. The second-order valence-electron chi connectivity index (χ2n) is 5.15. The average molecular weight is 299 g/mol. The van der Waals surface area contributed by atoms with Gasteiger partial charge in [0.05, 0.1) is 18.2 Å². The number of methoxy groups -OCH3 is 1. The number of carbonyl (C=O) groups excluding carboxylic acids is 1. The molecule has 0 spiro atoms. The number of Topliss-reactive ketones (excluding diaryl/α,β-unsaturated/α-hetero) is 1. The van der Waals surface area contributed by atoms with Crippen LogP contribution in [0.5, 0.6) is 0 Å². The van der Waals surface area contributed by atoms with Crippen LogP contribution in [0, 0.1) is 11.6 Å². The maximum Gasteiger partial charge on any atom is 0.182 e. The number of ether oxygens (including phenoxy) is 1. The summed E-state index contributed by atoms with van der Waals surface area (Å²) in [5.41, 5.74) is -0.0744. The van der Waals surface area contributed by atoms with Crippen molar-refractivity contribution in [2.75, 3.05) is 20.3 Å². The van der Waals surface area contributed by atoms with E-state index in [1.807, 2.05) is 18.7 Å². The molecule has 0 saturated carbocycles. The average Bonchev–Trinajstić information content (AvgIpc) is 2.46.